The Hall–Kier alpha value is -1.33. The first-order valence-corrected chi connectivity index (χ1v) is 5.66. The highest BCUT2D eigenvalue weighted by Crippen LogP contribution is 2.17. The topological polar surface area (TPSA) is 64.1 Å². The summed E-state index contributed by atoms with van der Waals surface area (Å²) < 4.78 is 2.59. The van der Waals surface area contributed by atoms with Gasteiger partial charge in [-0.1, -0.05) is 12.1 Å². The molecule has 1 heterocycles. The average molecular weight is 282 g/mol. The molecule has 3 N–H and O–H groups in total. The zero-order valence-corrected chi connectivity index (χ0v) is 10.1. The van der Waals surface area contributed by atoms with Crippen LogP contribution in [0.1, 0.15) is 11.7 Å². The van der Waals surface area contributed by atoms with Crippen molar-refractivity contribution in [1.29, 1.82) is 0 Å². The van der Waals surface area contributed by atoms with Gasteiger partial charge in [0, 0.05) is 11.9 Å². The van der Waals surface area contributed by atoms with E-state index in [1.54, 1.807) is 23.0 Å². The van der Waals surface area contributed by atoms with Crippen molar-refractivity contribution in [3.8, 4) is 0 Å². The first-order valence-electron chi connectivity index (χ1n) is 4.86. The van der Waals surface area contributed by atoms with E-state index in [2.05, 4.69) is 21.0 Å². The van der Waals surface area contributed by atoms with Crippen LogP contribution in [-0.2, 0) is 6.54 Å². The molecule has 0 spiro atoms. The monoisotopic (exact) mass is 281 g/mol. The quantitative estimate of drug-likeness (QED) is 0.846. The second kappa shape index (κ2) is 4.67. The van der Waals surface area contributed by atoms with Crippen LogP contribution in [0.4, 0.5) is 5.69 Å². The smallest absolute Gasteiger partial charge is 0.0985 e. The molecule has 0 aliphatic heterocycles. The van der Waals surface area contributed by atoms with Gasteiger partial charge in [0.15, 0.2) is 0 Å². The van der Waals surface area contributed by atoms with E-state index in [0.717, 1.165) is 10.0 Å². The van der Waals surface area contributed by atoms with Crippen molar-refractivity contribution >= 4 is 21.6 Å². The number of benzene rings is 1. The lowest BCUT2D eigenvalue weighted by atomic mass is 10.1. The average Bonchev–Trinajstić information content (AvgIpc) is 2.65. The molecule has 84 valence electrons. The summed E-state index contributed by atoms with van der Waals surface area (Å²) in [6.07, 6.45) is 2.93. The van der Waals surface area contributed by atoms with Crippen LogP contribution in [0.25, 0.3) is 0 Å². The van der Waals surface area contributed by atoms with Crippen LogP contribution in [0.5, 0.6) is 0 Å². The fraction of sp³-hybridized carbons (Fsp3) is 0.182. The minimum Gasteiger partial charge on any atom is -0.399 e. The highest BCUT2D eigenvalue weighted by molar-refractivity contribution is 9.10. The number of nitrogen functional groups attached to an aromatic ring is 1. The number of halogens is 1. The molecule has 0 saturated heterocycles. The lowest BCUT2D eigenvalue weighted by Gasteiger charge is -2.11. The van der Waals surface area contributed by atoms with Crippen molar-refractivity contribution in [3.05, 3.63) is 46.7 Å². The first-order chi connectivity index (χ1) is 7.65. The Kier molecular flexibility index (Phi) is 3.26. The molecule has 1 aromatic carbocycles. The number of nitrogens with two attached hydrogens (primary N) is 1. The van der Waals surface area contributed by atoms with Gasteiger partial charge in [0.2, 0.25) is 0 Å². The Morgan fingerprint density at radius 3 is 2.62 bits per heavy atom. The predicted molar refractivity (Wildman–Crippen MR) is 65.7 cm³/mol. The zero-order valence-electron chi connectivity index (χ0n) is 8.55. The summed E-state index contributed by atoms with van der Waals surface area (Å²) in [6.45, 7) is 0.426. The van der Waals surface area contributed by atoms with Crippen molar-refractivity contribution in [3.63, 3.8) is 0 Å². The van der Waals surface area contributed by atoms with Crippen LogP contribution in [0.15, 0.2) is 41.1 Å². The number of hydrogen-bond acceptors (Lipinski definition) is 3. The number of hydrogen-bond donors (Lipinski definition) is 2. The van der Waals surface area contributed by atoms with E-state index in [9.17, 15) is 5.11 Å². The van der Waals surface area contributed by atoms with Gasteiger partial charge in [-0.05, 0) is 33.6 Å². The molecule has 1 aromatic heterocycles. The molecule has 0 bridgehead atoms. The van der Waals surface area contributed by atoms with Gasteiger partial charge < -0.3 is 10.8 Å². The third-order valence-electron chi connectivity index (χ3n) is 2.28. The summed E-state index contributed by atoms with van der Waals surface area (Å²) in [5, 5.41) is 14.0. The van der Waals surface area contributed by atoms with Crippen LogP contribution in [0.3, 0.4) is 0 Å². The fourth-order valence-electron chi connectivity index (χ4n) is 1.44. The van der Waals surface area contributed by atoms with Crippen LogP contribution >= 0.6 is 15.9 Å². The van der Waals surface area contributed by atoms with Crippen LogP contribution < -0.4 is 5.73 Å². The van der Waals surface area contributed by atoms with E-state index in [1.807, 2.05) is 18.3 Å². The third kappa shape index (κ3) is 2.62. The third-order valence-corrected chi connectivity index (χ3v) is 2.69. The van der Waals surface area contributed by atoms with Crippen molar-refractivity contribution in [1.82, 2.24) is 9.78 Å². The van der Waals surface area contributed by atoms with Gasteiger partial charge in [0.25, 0.3) is 0 Å². The Balaban J connectivity index is 2.08. The van der Waals surface area contributed by atoms with E-state index in [4.69, 9.17) is 5.73 Å². The lowest BCUT2D eigenvalue weighted by molar-refractivity contribution is 0.151. The number of anilines is 1. The van der Waals surface area contributed by atoms with Gasteiger partial charge in [0.05, 0.1) is 23.3 Å². The Labute approximate surface area is 102 Å². The Morgan fingerprint density at radius 1 is 1.38 bits per heavy atom. The van der Waals surface area contributed by atoms with Crippen LogP contribution in [0, 0.1) is 0 Å². The van der Waals surface area contributed by atoms with E-state index in [1.165, 1.54) is 0 Å². The molecule has 1 atom stereocenters. The molecule has 0 radical (unpaired) electrons. The molecule has 0 aliphatic carbocycles. The maximum absolute atomic E-state index is 9.96. The van der Waals surface area contributed by atoms with E-state index < -0.39 is 6.10 Å². The summed E-state index contributed by atoms with van der Waals surface area (Å²) in [5.74, 6) is 0. The van der Waals surface area contributed by atoms with Crippen molar-refractivity contribution in [2.45, 2.75) is 12.6 Å². The molecular formula is C11H12BrN3O. The summed E-state index contributed by atoms with van der Waals surface area (Å²) in [6, 6.07) is 7.19. The molecule has 0 aliphatic rings. The van der Waals surface area contributed by atoms with Gasteiger partial charge in [-0.15, -0.1) is 0 Å². The fourth-order valence-corrected chi connectivity index (χ4v) is 1.77. The Morgan fingerprint density at radius 2 is 2.06 bits per heavy atom. The lowest BCUT2D eigenvalue weighted by Crippen LogP contribution is -2.09. The largest absolute Gasteiger partial charge is 0.399 e. The number of aliphatic hydroxyl groups excluding tert-OH is 1. The molecular weight excluding hydrogens is 270 g/mol. The van der Waals surface area contributed by atoms with E-state index >= 15 is 0 Å². The number of nitrogens with zero attached hydrogens (tertiary/aromatic N) is 2. The summed E-state index contributed by atoms with van der Waals surface area (Å²) in [7, 11) is 0. The molecule has 2 aromatic rings. The SMILES string of the molecule is Nc1ccc(C(O)Cn2cc(Br)cn2)cc1. The molecule has 0 saturated carbocycles. The summed E-state index contributed by atoms with van der Waals surface area (Å²) in [5.41, 5.74) is 7.10. The second-order valence-corrected chi connectivity index (χ2v) is 4.48. The summed E-state index contributed by atoms with van der Waals surface area (Å²) >= 11 is 3.31. The number of rotatable bonds is 3. The number of aromatic nitrogens is 2. The molecule has 0 fully saturated rings. The minimum atomic E-state index is -0.576. The highest BCUT2D eigenvalue weighted by atomic mass is 79.9. The Bertz CT molecular complexity index is 466. The molecule has 16 heavy (non-hydrogen) atoms. The van der Waals surface area contributed by atoms with Crippen molar-refractivity contribution in [2.75, 3.05) is 5.73 Å². The molecule has 2 rings (SSSR count). The van der Waals surface area contributed by atoms with Crippen molar-refractivity contribution in [2.24, 2.45) is 0 Å². The van der Waals surface area contributed by atoms with Gasteiger partial charge >= 0.3 is 0 Å². The minimum absolute atomic E-state index is 0.426. The maximum atomic E-state index is 9.96. The standard InChI is InChI=1S/C11H12BrN3O/c12-9-5-14-15(6-9)7-11(16)8-1-3-10(13)4-2-8/h1-6,11,16H,7,13H2. The zero-order chi connectivity index (χ0) is 11.5. The molecule has 0 amide bonds. The summed E-state index contributed by atoms with van der Waals surface area (Å²) in [4.78, 5) is 0. The highest BCUT2D eigenvalue weighted by Gasteiger charge is 2.08. The van der Waals surface area contributed by atoms with Gasteiger partial charge in [0.1, 0.15) is 0 Å². The predicted octanol–water partition coefficient (Wildman–Crippen LogP) is 1.96. The van der Waals surface area contributed by atoms with Gasteiger partial charge in [-0.25, -0.2) is 0 Å². The second-order valence-electron chi connectivity index (χ2n) is 3.56. The van der Waals surface area contributed by atoms with Gasteiger partial charge in [-0.3, -0.25) is 4.68 Å². The number of aliphatic hydroxyl groups is 1. The molecule has 4 nitrogen and oxygen atoms in total. The maximum Gasteiger partial charge on any atom is 0.0985 e. The first kappa shape index (κ1) is 11.2. The molecule has 5 heteroatoms. The van der Waals surface area contributed by atoms with E-state index in [-0.39, 0.29) is 0 Å². The van der Waals surface area contributed by atoms with Crippen LogP contribution in [0.2, 0.25) is 0 Å². The molecule has 1 unspecified atom stereocenters. The van der Waals surface area contributed by atoms with E-state index in [0.29, 0.717) is 12.2 Å². The van der Waals surface area contributed by atoms with Gasteiger partial charge in [-0.2, -0.15) is 5.10 Å². The van der Waals surface area contributed by atoms with Crippen LogP contribution in [-0.4, -0.2) is 14.9 Å². The van der Waals surface area contributed by atoms with Crippen molar-refractivity contribution < 1.29 is 5.11 Å². The normalized spacial score (nSPS) is 12.6.